The highest BCUT2D eigenvalue weighted by Crippen LogP contribution is 2.31. The molecule has 0 aliphatic heterocycles. The molecule has 0 radical (unpaired) electrons. The first-order valence-electron chi connectivity index (χ1n) is 4.97. The van der Waals surface area contributed by atoms with Gasteiger partial charge >= 0.3 is 6.18 Å². The number of nitrogens with two attached hydrogens (primary N) is 1. The van der Waals surface area contributed by atoms with E-state index < -0.39 is 11.7 Å². The van der Waals surface area contributed by atoms with Crippen LogP contribution in [0.4, 0.5) is 13.2 Å². The van der Waals surface area contributed by atoms with Crippen LogP contribution in [0.3, 0.4) is 0 Å². The number of benzene rings is 1. The van der Waals surface area contributed by atoms with Crippen LogP contribution < -0.4 is 10.5 Å². The van der Waals surface area contributed by atoms with Crippen molar-refractivity contribution in [1.29, 1.82) is 10.5 Å². The molecule has 7 heteroatoms. The van der Waals surface area contributed by atoms with Crippen molar-refractivity contribution < 1.29 is 17.9 Å². The molecule has 0 bridgehead atoms. The van der Waals surface area contributed by atoms with Gasteiger partial charge in [0.05, 0.1) is 11.3 Å². The molecule has 2 N–H and O–H groups in total. The molecule has 0 amide bonds. The molecule has 0 saturated carbocycles. The maximum Gasteiger partial charge on any atom is 0.416 e. The summed E-state index contributed by atoms with van der Waals surface area (Å²) in [6.07, 6.45) is -4.47. The Morgan fingerprint density at radius 2 is 1.89 bits per heavy atom. The standard InChI is InChI=1S/C12H8F3N3O/c13-12(14,15)9-2-1-3-10(4-9)19-7-11(18)8(5-16)6-17/h1-4H,7,18H2. The Kier molecular flexibility index (Phi) is 4.38. The zero-order chi connectivity index (χ0) is 14.5. The number of allylic oxidation sites excluding steroid dienone is 1. The first-order valence-corrected chi connectivity index (χ1v) is 4.97. The van der Waals surface area contributed by atoms with Crippen LogP contribution in [0, 0.1) is 22.7 Å². The first kappa shape index (κ1) is 14.4. The fourth-order valence-corrected chi connectivity index (χ4v) is 1.16. The van der Waals surface area contributed by atoms with Crippen LogP contribution in [0.15, 0.2) is 35.5 Å². The molecule has 0 aliphatic rings. The number of nitrogens with zero attached hydrogens (tertiary/aromatic N) is 2. The van der Waals surface area contributed by atoms with Crippen molar-refractivity contribution in [2.45, 2.75) is 6.18 Å². The highest BCUT2D eigenvalue weighted by molar-refractivity contribution is 5.39. The number of alkyl halides is 3. The van der Waals surface area contributed by atoms with Gasteiger partial charge in [0.1, 0.15) is 24.5 Å². The third-order valence-corrected chi connectivity index (χ3v) is 2.10. The van der Waals surface area contributed by atoms with E-state index in [-0.39, 0.29) is 23.6 Å². The van der Waals surface area contributed by atoms with E-state index in [0.717, 1.165) is 12.1 Å². The van der Waals surface area contributed by atoms with Gasteiger partial charge in [-0.25, -0.2) is 0 Å². The number of ether oxygens (including phenoxy) is 1. The van der Waals surface area contributed by atoms with Crippen LogP contribution in [0.5, 0.6) is 5.75 Å². The van der Waals surface area contributed by atoms with Crippen LogP contribution in [-0.2, 0) is 6.18 Å². The van der Waals surface area contributed by atoms with E-state index in [4.69, 9.17) is 21.0 Å². The lowest BCUT2D eigenvalue weighted by atomic mass is 10.2. The third-order valence-electron chi connectivity index (χ3n) is 2.10. The first-order chi connectivity index (χ1) is 8.88. The summed E-state index contributed by atoms with van der Waals surface area (Å²) in [6.45, 7) is -0.336. The number of rotatable bonds is 3. The second-order valence-corrected chi connectivity index (χ2v) is 3.44. The van der Waals surface area contributed by atoms with Crippen molar-refractivity contribution >= 4 is 0 Å². The monoisotopic (exact) mass is 267 g/mol. The van der Waals surface area contributed by atoms with Crippen molar-refractivity contribution in [2.75, 3.05) is 6.61 Å². The van der Waals surface area contributed by atoms with E-state index in [9.17, 15) is 13.2 Å². The topological polar surface area (TPSA) is 82.8 Å². The molecule has 0 fully saturated rings. The Balaban J connectivity index is 2.84. The van der Waals surface area contributed by atoms with Crippen molar-refractivity contribution in [1.82, 2.24) is 0 Å². The van der Waals surface area contributed by atoms with E-state index in [1.165, 1.54) is 12.1 Å². The Morgan fingerprint density at radius 1 is 1.26 bits per heavy atom. The van der Waals surface area contributed by atoms with Crippen molar-refractivity contribution in [3.63, 3.8) is 0 Å². The normalized spacial score (nSPS) is 10.2. The van der Waals surface area contributed by atoms with Gasteiger partial charge in [-0.3, -0.25) is 0 Å². The second kappa shape index (κ2) is 5.78. The highest BCUT2D eigenvalue weighted by Gasteiger charge is 2.30. The molecule has 0 aliphatic carbocycles. The highest BCUT2D eigenvalue weighted by atomic mass is 19.4. The summed E-state index contributed by atoms with van der Waals surface area (Å²) in [5.74, 6) is -0.0481. The molecular weight excluding hydrogens is 259 g/mol. The van der Waals surface area contributed by atoms with E-state index >= 15 is 0 Å². The van der Waals surface area contributed by atoms with Gasteiger partial charge in [-0.15, -0.1) is 0 Å². The molecule has 1 aromatic carbocycles. The van der Waals surface area contributed by atoms with Gasteiger partial charge in [0.15, 0.2) is 5.57 Å². The zero-order valence-electron chi connectivity index (χ0n) is 9.53. The smallest absolute Gasteiger partial charge is 0.416 e. The number of nitriles is 2. The van der Waals surface area contributed by atoms with Gasteiger partial charge in [-0.2, -0.15) is 23.7 Å². The fourth-order valence-electron chi connectivity index (χ4n) is 1.16. The predicted molar refractivity (Wildman–Crippen MR) is 59.4 cm³/mol. The van der Waals surface area contributed by atoms with Gasteiger partial charge in [0, 0.05) is 0 Å². The van der Waals surface area contributed by atoms with Crippen LogP contribution in [0.25, 0.3) is 0 Å². The lowest BCUT2D eigenvalue weighted by molar-refractivity contribution is -0.137. The lowest BCUT2D eigenvalue weighted by Gasteiger charge is -2.10. The molecule has 1 aromatic rings. The molecule has 4 nitrogen and oxygen atoms in total. The Hall–Kier alpha value is -2.67. The van der Waals surface area contributed by atoms with Gasteiger partial charge < -0.3 is 10.5 Å². The fraction of sp³-hybridized carbons (Fsp3) is 0.167. The van der Waals surface area contributed by atoms with Crippen LogP contribution in [-0.4, -0.2) is 6.61 Å². The molecule has 0 unspecified atom stereocenters. The van der Waals surface area contributed by atoms with Crippen LogP contribution in [0.2, 0.25) is 0 Å². The van der Waals surface area contributed by atoms with E-state index in [1.54, 1.807) is 12.1 Å². The second-order valence-electron chi connectivity index (χ2n) is 3.44. The number of hydrogen-bond acceptors (Lipinski definition) is 4. The maximum atomic E-state index is 12.4. The number of halogens is 3. The minimum Gasteiger partial charge on any atom is -0.487 e. The Bertz CT molecular complexity index is 563. The quantitative estimate of drug-likeness (QED) is 0.852. The average molecular weight is 267 g/mol. The summed E-state index contributed by atoms with van der Waals surface area (Å²) < 4.78 is 42.3. The molecule has 0 heterocycles. The Labute approximate surface area is 107 Å². The van der Waals surface area contributed by atoms with E-state index in [0.29, 0.717) is 0 Å². The van der Waals surface area contributed by atoms with E-state index in [2.05, 4.69) is 0 Å². The van der Waals surface area contributed by atoms with Gasteiger partial charge in [0.2, 0.25) is 0 Å². The van der Waals surface area contributed by atoms with E-state index in [1.807, 2.05) is 0 Å². The summed E-state index contributed by atoms with van der Waals surface area (Å²) in [5, 5.41) is 17.1. The molecular formula is C12H8F3N3O. The summed E-state index contributed by atoms with van der Waals surface area (Å²) in [5.41, 5.74) is 4.08. The molecule has 1 rings (SSSR count). The van der Waals surface area contributed by atoms with Crippen LogP contribution >= 0.6 is 0 Å². The van der Waals surface area contributed by atoms with Crippen molar-refractivity contribution in [2.24, 2.45) is 5.73 Å². The van der Waals surface area contributed by atoms with Gasteiger partial charge in [-0.1, -0.05) is 6.07 Å². The molecule has 19 heavy (non-hydrogen) atoms. The van der Waals surface area contributed by atoms with Gasteiger partial charge in [0.25, 0.3) is 0 Å². The van der Waals surface area contributed by atoms with Crippen LogP contribution in [0.1, 0.15) is 5.56 Å². The molecule has 0 spiro atoms. The summed E-state index contributed by atoms with van der Waals surface area (Å²) in [6, 6.07) is 7.34. The van der Waals surface area contributed by atoms with Crippen molar-refractivity contribution in [3.05, 3.63) is 41.1 Å². The third kappa shape index (κ3) is 3.93. The summed E-state index contributed by atoms with van der Waals surface area (Å²) in [4.78, 5) is 0. The average Bonchev–Trinajstić information content (AvgIpc) is 2.37. The molecule has 98 valence electrons. The molecule has 0 aromatic heterocycles. The zero-order valence-corrected chi connectivity index (χ0v) is 9.53. The van der Waals surface area contributed by atoms with Gasteiger partial charge in [-0.05, 0) is 18.2 Å². The summed E-state index contributed by atoms with van der Waals surface area (Å²) in [7, 11) is 0. The Morgan fingerprint density at radius 3 is 2.42 bits per heavy atom. The molecule has 0 atom stereocenters. The SMILES string of the molecule is N#CC(C#N)=C(N)COc1cccc(C(F)(F)F)c1. The lowest BCUT2D eigenvalue weighted by Crippen LogP contribution is -2.12. The molecule has 0 saturated heterocycles. The predicted octanol–water partition coefficient (Wildman–Crippen LogP) is 2.34. The number of hydrogen-bond donors (Lipinski definition) is 1. The van der Waals surface area contributed by atoms with Crippen molar-refractivity contribution in [3.8, 4) is 17.9 Å². The maximum absolute atomic E-state index is 12.4. The summed E-state index contributed by atoms with van der Waals surface area (Å²) >= 11 is 0. The minimum atomic E-state index is -4.47. The largest absolute Gasteiger partial charge is 0.487 e. The minimum absolute atomic E-state index is 0.0481.